The van der Waals surface area contributed by atoms with Gasteiger partial charge in [-0.05, 0) is 25.0 Å². The Balaban J connectivity index is 1.68. The van der Waals surface area contributed by atoms with E-state index in [1.807, 2.05) is 65.2 Å². The van der Waals surface area contributed by atoms with Crippen LogP contribution in [-0.2, 0) is 33.9 Å². The van der Waals surface area contributed by atoms with Gasteiger partial charge in [-0.2, -0.15) is 0 Å². The van der Waals surface area contributed by atoms with Crippen molar-refractivity contribution in [1.82, 2.24) is 20.2 Å². The average molecular weight is 465 g/mol. The van der Waals surface area contributed by atoms with Gasteiger partial charge in [-0.15, -0.1) is 0 Å². The van der Waals surface area contributed by atoms with E-state index in [1.54, 1.807) is 12.5 Å². The molecule has 3 aromatic rings. The molecule has 9 heteroatoms. The number of carbonyl (C=O) groups is 3. The molecule has 0 bridgehead atoms. The molecule has 1 heterocycles. The molecule has 0 saturated carbocycles. The third-order valence-electron chi connectivity index (χ3n) is 5.10. The summed E-state index contributed by atoms with van der Waals surface area (Å²) < 4.78 is 7.11. The van der Waals surface area contributed by atoms with Gasteiger partial charge in [0, 0.05) is 19.2 Å². The van der Waals surface area contributed by atoms with Crippen molar-refractivity contribution in [3.63, 3.8) is 0 Å². The molecular weight excluding hydrogens is 436 g/mol. The molecule has 2 amide bonds. The number of amides is 2. The van der Waals surface area contributed by atoms with Gasteiger partial charge in [0.25, 0.3) is 0 Å². The highest BCUT2D eigenvalue weighted by molar-refractivity contribution is 5.91. The molecule has 34 heavy (non-hydrogen) atoms. The van der Waals surface area contributed by atoms with Crippen molar-refractivity contribution in [1.29, 1.82) is 0 Å². The van der Waals surface area contributed by atoms with Crippen LogP contribution in [0.2, 0.25) is 0 Å². The first kappa shape index (κ1) is 24.5. The lowest BCUT2D eigenvalue weighted by atomic mass is 10.0. The van der Waals surface area contributed by atoms with Crippen molar-refractivity contribution in [3.8, 4) is 0 Å². The fourth-order valence-electron chi connectivity index (χ4n) is 3.17. The molecule has 0 aliphatic rings. The number of aliphatic carboxylic acids is 1. The van der Waals surface area contributed by atoms with Crippen molar-refractivity contribution in [3.05, 3.63) is 90.0 Å². The molecule has 3 rings (SSSR count). The number of carbonyl (C=O) groups excluding carboxylic acids is 2. The molecule has 0 unspecified atom stereocenters. The van der Waals surface area contributed by atoms with Crippen LogP contribution >= 0.6 is 0 Å². The molecule has 2 aromatic carbocycles. The molecule has 0 spiro atoms. The largest absolute Gasteiger partial charge is 0.480 e. The van der Waals surface area contributed by atoms with E-state index in [0.29, 0.717) is 12.2 Å². The molecule has 9 nitrogen and oxygen atoms in total. The minimum Gasteiger partial charge on any atom is -0.480 e. The van der Waals surface area contributed by atoms with E-state index in [9.17, 15) is 19.5 Å². The summed E-state index contributed by atoms with van der Waals surface area (Å²) in [7, 11) is 0. The quantitative estimate of drug-likeness (QED) is 0.424. The van der Waals surface area contributed by atoms with Gasteiger partial charge in [-0.1, -0.05) is 60.7 Å². The maximum absolute atomic E-state index is 12.9. The van der Waals surface area contributed by atoms with Crippen LogP contribution < -0.4 is 10.6 Å². The topological polar surface area (TPSA) is 123 Å². The summed E-state index contributed by atoms with van der Waals surface area (Å²) in [6, 6.07) is 17.9. The van der Waals surface area contributed by atoms with Crippen molar-refractivity contribution >= 4 is 18.0 Å². The number of aromatic nitrogens is 2. The third kappa shape index (κ3) is 7.19. The lowest BCUT2D eigenvalue weighted by molar-refractivity contribution is -0.146. The maximum Gasteiger partial charge on any atom is 0.408 e. The monoisotopic (exact) mass is 464 g/mol. The summed E-state index contributed by atoms with van der Waals surface area (Å²) in [5.41, 5.74) is 0.932. The number of alkyl carbamates (subject to hydrolysis) is 1. The predicted octanol–water partition coefficient (Wildman–Crippen LogP) is 2.75. The van der Waals surface area contributed by atoms with Gasteiger partial charge in [0.2, 0.25) is 5.91 Å². The molecular formula is C25H28N4O5. The number of nitrogens with one attached hydrogen (secondary N) is 2. The van der Waals surface area contributed by atoms with Gasteiger partial charge in [0.05, 0.1) is 12.0 Å². The van der Waals surface area contributed by atoms with Crippen LogP contribution in [0.15, 0.2) is 73.2 Å². The van der Waals surface area contributed by atoms with Gasteiger partial charge in [-0.25, -0.2) is 14.6 Å². The molecule has 1 atom stereocenters. The molecule has 1 aromatic heterocycles. The zero-order chi connectivity index (χ0) is 24.6. The van der Waals surface area contributed by atoms with Crippen LogP contribution in [0, 0.1) is 0 Å². The van der Waals surface area contributed by atoms with E-state index < -0.39 is 29.6 Å². The lowest BCUT2D eigenvalue weighted by Gasteiger charge is -2.25. The summed E-state index contributed by atoms with van der Waals surface area (Å²) in [4.78, 5) is 41.1. The molecule has 0 fully saturated rings. The van der Waals surface area contributed by atoms with E-state index in [0.717, 1.165) is 11.1 Å². The van der Waals surface area contributed by atoms with Gasteiger partial charge in [0.15, 0.2) is 0 Å². The SMILES string of the molecule is CC(C)(NC(=O)[C@H](Cc1cn(Cc2ccccc2)cn1)NC(=O)OCc1ccccc1)C(=O)O. The highest BCUT2D eigenvalue weighted by Crippen LogP contribution is 2.09. The second kappa shape index (κ2) is 11.1. The number of hydrogen-bond acceptors (Lipinski definition) is 5. The second-order valence-corrected chi connectivity index (χ2v) is 8.41. The van der Waals surface area contributed by atoms with Crippen molar-refractivity contribution in [2.45, 2.75) is 45.0 Å². The lowest BCUT2D eigenvalue weighted by Crippen LogP contribution is -2.57. The first-order valence-electron chi connectivity index (χ1n) is 10.8. The van der Waals surface area contributed by atoms with Crippen molar-refractivity contribution in [2.24, 2.45) is 0 Å². The summed E-state index contributed by atoms with van der Waals surface area (Å²) in [5.74, 6) is -1.85. The smallest absolute Gasteiger partial charge is 0.408 e. The van der Waals surface area contributed by atoms with E-state index in [4.69, 9.17) is 4.74 Å². The van der Waals surface area contributed by atoms with Crippen LogP contribution in [0.25, 0.3) is 0 Å². The number of ether oxygens (including phenoxy) is 1. The van der Waals surface area contributed by atoms with Crippen LogP contribution in [0.5, 0.6) is 0 Å². The molecule has 0 radical (unpaired) electrons. The van der Waals surface area contributed by atoms with E-state index in [-0.39, 0.29) is 13.0 Å². The number of imidazole rings is 1. The number of benzene rings is 2. The second-order valence-electron chi connectivity index (χ2n) is 8.41. The molecule has 0 saturated heterocycles. The van der Waals surface area contributed by atoms with Crippen molar-refractivity contribution in [2.75, 3.05) is 0 Å². The first-order valence-corrected chi connectivity index (χ1v) is 10.8. The third-order valence-corrected chi connectivity index (χ3v) is 5.10. The molecule has 0 aliphatic carbocycles. The number of carboxylic acid groups (broad SMARTS) is 1. The summed E-state index contributed by atoms with van der Waals surface area (Å²) in [6.07, 6.45) is 2.70. The van der Waals surface area contributed by atoms with Gasteiger partial charge in [0.1, 0.15) is 18.2 Å². The Labute approximate surface area is 197 Å². The Kier molecular flexibility index (Phi) is 8.02. The normalized spacial score (nSPS) is 11.9. The van der Waals surface area contributed by atoms with E-state index >= 15 is 0 Å². The summed E-state index contributed by atoms with van der Waals surface area (Å²) in [6.45, 7) is 3.37. The highest BCUT2D eigenvalue weighted by Gasteiger charge is 2.33. The summed E-state index contributed by atoms with van der Waals surface area (Å²) in [5, 5.41) is 14.4. The van der Waals surface area contributed by atoms with Gasteiger partial charge >= 0.3 is 12.1 Å². The maximum atomic E-state index is 12.9. The van der Waals surface area contributed by atoms with Gasteiger partial charge < -0.3 is 25.0 Å². The highest BCUT2D eigenvalue weighted by atomic mass is 16.5. The molecule has 178 valence electrons. The predicted molar refractivity (Wildman–Crippen MR) is 125 cm³/mol. The minimum absolute atomic E-state index is 0.0351. The Morgan fingerprint density at radius 2 is 1.65 bits per heavy atom. The minimum atomic E-state index is -1.52. The zero-order valence-corrected chi connectivity index (χ0v) is 19.1. The van der Waals surface area contributed by atoms with Crippen LogP contribution in [0.4, 0.5) is 4.79 Å². The number of nitrogens with zero attached hydrogens (tertiary/aromatic N) is 2. The van der Waals surface area contributed by atoms with Crippen LogP contribution in [0.1, 0.15) is 30.7 Å². The molecule has 0 aliphatic heterocycles. The fraction of sp³-hybridized carbons (Fsp3) is 0.280. The Hall–Kier alpha value is -4.14. The number of hydrogen-bond donors (Lipinski definition) is 3. The molecule has 3 N–H and O–H groups in total. The van der Waals surface area contributed by atoms with E-state index in [1.165, 1.54) is 13.8 Å². The fourth-order valence-corrected chi connectivity index (χ4v) is 3.17. The average Bonchev–Trinajstić information content (AvgIpc) is 3.25. The Morgan fingerprint density at radius 1 is 1.03 bits per heavy atom. The zero-order valence-electron chi connectivity index (χ0n) is 19.1. The Morgan fingerprint density at radius 3 is 2.26 bits per heavy atom. The van der Waals surface area contributed by atoms with Crippen LogP contribution in [-0.4, -0.2) is 44.2 Å². The Bertz CT molecular complexity index is 1110. The summed E-state index contributed by atoms with van der Waals surface area (Å²) >= 11 is 0. The van der Waals surface area contributed by atoms with E-state index in [2.05, 4.69) is 15.6 Å². The standard InChI is InChI=1S/C25H28N4O5/c1-25(2,23(31)32)28-22(30)21(27-24(33)34-16-19-11-7-4-8-12-19)13-20-15-29(17-26-20)14-18-9-5-3-6-10-18/h3-12,15,17,21H,13-14,16H2,1-2H3,(H,27,33)(H,28,30)(H,31,32)/t21-/m0/s1. The number of rotatable bonds is 10. The van der Waals surface area contributed by atoms with Gasteiger partial charge in [-0.3, -0.25) is 4.79 Å². The van der Waals surface area contributed by atoms with Crippen molar-refractivity contribution < 1.29 is 24.2 Å². The number of carboxylic acids is 1. The van der Waals surface area contributed by atoms with Crippen LogP contribution in [0.3, 0.4) is 0 Å². The first-order chi connectivity index (χ1) is 16.2.